The maximum atomic E-state index is 13.0. The predicted molar refractivity (Wildman–Crippen MR) is 95.4 cm³/mol. The second-order valence-corrected chi connectivity index (χ2v) is 6.48. The van der Waals surface area contributed by atoms with Crippen molar-refractivity contribution >= 4 is 29.7 Å². The largest absolute Gasteiger partial charge is 0.373 e. The maximum Gasteiger partial charge on any atom is 0.256 e. The molecule has 3 atom stereocenters. The van der Waals surface area contributed by atoms with Crippen LogP contribution in [0.3, 0.4) is 0 Å². The molecule has 1 aromatic rings. The molecule has 1 aromatic carbocycles. The molecule has 23 heavy (non-hydrogen) atoms. The van der Waals surface area contributed by atoms with E-state index in [2.05, 4.69) is 24.9 Å². The molecule has 2 aliphatic rings. The first-order valence-electron chi connectivity index (χ1n) is 8.07. The Morgan fingerprint density at radius 3 is 2.61 bits per heavy atom. The van der Waals surface area contributed by atoms with Crippen molar-refractivity contribution in [3.63, 3.8) is 0 Å². The van der Waals surface area contributed by atoms with Crippen molar-refractivity contribution in [1.82, 2.24) is 0 Å². The highest BCUT2D eigenvalue weighted by atomic mass is 35.5. The number of carbonyl (C=O) groups is 1. The van der Waals surface area contributed by atoms with E-state index < -0.39 is 0 Å². The van der Waals surface area contributed by atoms with Gasteiger partial charge in [-0.1, -0.05) is 19.1 Å². The van der Waals surface area contributed by atoms with E-state index in [-0.39, 0.29) is 30.5 Å². The number of ether oxygens (including phenoxy) is 1. The Bertz CT molecular complexity index is 554. The van der Waals surface area contributed by atoms with Crippen LogP contribution in [0.25, 0.3) is 0 Å². The van der Waals surface area contributed by atoms with E-state index in [9.17, 15) is 4.79 Å². The number of para-hydroxylation sites is 2. The Balaban J connectivity index is 0.00000192. The molecule has 0 aliphatic carbocycles. The van der Waals surface area contributed by atoms with Gasteiger partial charge in [-0.15, -0.1) is 12.4 Å². The molecule has 5 nitrogen and oxygen atoms in total. The fraction of sp³-hybridized carbons (Fsp3) is 0.588. The van der Waals surface area contributed by atoms with Gasteiger partial charge in [0.15, 0.2) is 0 Å². The molecule has 1 amide bonds. The van der Waals surface area contributed by atoms with Crippen molar-refractivity contribution in [2.45, 2.75) is 32.0 Å². The molecular weight excluding hydrogens is 314 g/mol. The summed E-state index contributed by atoms with van der Waals surface area (Å²) < 4.78 is 5.81. The van der Waals surface area contributed by atoms with Crippen LogP contribution in [-0.2, 0) is 9.53 Å². The van der Waals surface area contributed by atoms with Crippen LogP contribution in [0.5, 0.6) is 0 Å². The van der Waals surface area contributed by atoms with Crippen LogP contribution in [0, 0.1) is 5.92 Å². The molecule has 0 aromatic heterocycles. The lowest BCUT2D eigenvalue weighted by Crippen LogP contribution is -2.42. The van der Waals surface area contributed by atoms with E-state index in [0.29, 0.717) is 12.5 Å². The first-order valence-corrected chi connectivity index (χ1v) is 8.07. The van der Waals surface area contributed by atoms with Gasteiger partial charge in [0.05, 0.1) is 17.5 Å². The highest BCUT2D eigenvalue weighted by Gasteiger charge is 2.35. The number of hydrogen-bond acceptors (Lipinski definition) is 4. The average Bonchev–Trinajstić information content (AvgIpc) is 2.96. The number of rotatable bonds is 2. The molecule has 0 radical (unpaired) electrons. The monoisotopic (exact) mass is 339 g/mol. The fourth-order valence-electron chi connectivity index (χ4n) is 3.49. The van der Waals surface area contributed by atoms with Crippen LogP contribution >= 0.6 is 12.4 Å². The van der Waals surface area contributed by atoms with Crippen LogP contribution in [0.4, 0.5) is 11.4 Å². The minimum Gasteiger partial charge on any atom is -0.373 e. The standard InChI is InChI=1S/C17H25N3O2.ClH/c1-12-10-19(2)14-5-3-4-6-15(14)20(11-12)17(21)16-8-7-13(9-18)22-16;/h3-6,12-13,16H,7-11,18H2,1-2H3;1H/t12?,13-,16+;/m1./s1. The topological polar surface area (TPSA) is 58.8 Å². The lowest BCUT2D eigenvalue weighted by molar-refractivity contribution is -0.129. The van der Waals surface area contributed by atoms with Gasteiger partial charge in [0.2, 0.25) is 0 Å². The van der Waals surface area contributed by atoms with Crippen molar-refractivity contribution in [3.8, 4) is 0 Å². The summed E-state index contributed by atoms with van der Waals surface area (Å²) >= 11 is 0. The first-order chi connectivity index (χ1) is 10.6. The molecule has 6 heteroatoms. The fourth-order valence-corrected chi connectivity index (χ4v) is 3.49. The van der Waals surface area contributed by atoms with E-state index in [4.69, 9.17) is 10.5 Å². The van der Waals surface area contributed by atoms with Gasteiger partial charge in [-0.05, 0) is 30.9 Å². The number of anilines is 2. The number of hydrogen-bond donors (Lipinski definition) is 1. The van der Waals surface area contributed by atoms with E-state index in [1.165, 1.54) is 0 Å². The van der Waals surface area contributed by atoms with E-state index in [0.717, 1.165) is 37.3 Å². The van der Waals surface area contributed by atoms with Crippen LogP contribution in [-0.4, -0.2) is 44.8 Å². The zero-order chi connectivity index (χ0) is 15.7. The maximum absolute atomic E-state index is 13.0. The Morgan fingerprint density at radius 1 is 1.26 bits per heavy atom. The number of amides is 1. The molecule has 0 bridgehead atoms. The number of nitrogens with zero attached hydrogens (tertiary/aromatic N) is 2. The molecule has 2 aliphatic heterocycles. The SMILES string of the molecule is CC1CN(C)c2ccccc2N(C(=O)[C@@H]2CC[C@H](CN)O2)C1.Cl. The number of benzene rings is 1. The number of fused-ring (bicyclic) bond motifs is 1. The second-order valence-electron chi connectivity index (χ2n) is 6.48. The molecule has 1 unspecified atom stereocenters. The third-order valence-electron chi connectivity index (χ3n) is 4.58. The highest BCUT2D eigenvalue weighted by Crippen LogP contribution is 2.34. The summed E-state index contributed by atoms with van der Waals surface area (Å²) in [4.78, 5) is 17.1. The molecule has 1 fully saturated rings. The van der Waals surface area contributed by atoms with Gasteiger partial charge >= 0.3 is 0 Å². The van der Waals surface area contributed by atoms with Gasteiger partial charge in [-0.3, -0.25) is 4.79 Å². The van der Waals surface area contributed by atoms with Gasteiger partial charge in [-0.2, -0.15) is 0 Å². The average molecular weight is 340 g/mol. The Kier molecular flexibility index (Phi) is 5.89. The van der Waals surface area contributed by atoms with Crippen molar-refractivity contribution in [1.29, 1.82) is 0 Å². The van der Waals surface area contributed by atoms with Gasteiger partial charge < -0.3 is 20.3 Å². The van der Waals surface area contributed by atoms with Crippen LogP contribution in [0.1, 0.15) is 19.8 Å². The minimum atomic E-state index is -0.350. The lowest BCUT2D eigenvalue weighted by Gasteiger charge is -2.27. The molecule has 2 N–H and O–H groups in total. The second kappa shape index (κ2) is 7.51. The third kappa shape index (κ3) is 3.62. The molecule has 3 rings (SSSR count). The van der Waals surface area contributed by atoms with Crippen LogP contribution < -0.4 is 15.5 Å². The van der Waals surface area contributed by atoms with Crippen LogP contribution in [0.2, 0.25) is 0 Å². The number of nitrogens with two attached hydrogens (primary N) is 1. The van der Waals surface area contributed by atoms with E-state index >= 15 is 0 Å². The van der Waals surface area contributed by atoms with Gasteiger partial charge in [0, 0.05) is 26.7 Å². The third-order valence-corrected chi connectivity index (χ3v) is 4.58. The summed E-state index contributed by atoms with van der Waals surface area (Å²) in [7, 11) is 2.08. The predicted octanol–water partition coefficient (Wildman–Crippen LogP) is 2.03. The normalized spacial score (nSPS) is 27.2. The molecular formula is C17H26ClN3O2. The zero-order valence-corrected chi connectivity index (χ0v) is 14.6. The summed E-state index contributed by atoms with van der Waals surface area (Å²) in [5.74, 6) is 0.485. The van der Waals surface area contributed by atoms with Gasteiger partial charge in [0.1, 0.15) is 6.10 Å². The molecule has 0 saturated carbocycles. The highest BCUT2D eigenvalue weighted by molar-refractivity contribution is 6.00. The summed E-state index contributed by atoms with van der Waals surface area (Å²) in [6, 6.07) is 8.11. The Morgan fingerprint density at radius 2 is 1.96 bits per heavy atom. The van der Waals surface area contributed by atoms with Crippen molar-refractivity contribution < 1.29 is 9.53 Å². The van der Waals surface area contributed by atoms with Gasteiger partial charge in [-0.25, -0.2) is 0 Å². The summed E-state index contributed by atoms with van der Waals surface area (Å²) in [5.41, 5.74) is 7.75. The zero-order valence-electron chi connectivity index (χ0n) is 13.8. The van der Waals surface area contributed by atoms with E-state index in [1.807, 2.05) is 23.1 Å². The van der Waals surface area contributed by atoms with Crippen molar-refractivity contribution in [2.75, 3.05) is 36.5 Å². The number of carbonyl (C=O) groups excluding carboxylic acids is 1. The minimum absolute atomic E-state index is 0. The van der Waals surface area contributed by atoms with Crippen molar-refractivity contribution in [2.24, 2.45) is 11.7 Å². The molecule has 1 saturated heterocycles. The lowest BCUT2D eigenvalue weighted by atomic mass is 10.1. The van der Waals surface area contributed by atoms with E-state index in [1.54, 1.807) is 0 Å². The quantitative estimate of drug-likeness (QED) is 0.895. The summed E-state index contributed by atoms with van der Waals surface area (Å²) in [6.45, 7) is 4.34. The first kappa shape index (κ1) is 18.0. The van der Waals surface area contributed by atoms with Crippen molar-refractivity contribution in [3.05, 3.63) is 24.3 Å². The Hall–Kier alpha value is -1.30. The van der Waals surface area contributed by atoms with Gasteiger partial charge in [0.25, 0.3) is 5.91 Å². The van der Waals surface area contributed by atoms with Crippen LogP contribution in [0.15, 0.2) is 24.3 Å². The summed E-state index contributed by atoms with van der Waals surface area (Å²) in [6.07, 6.45) is 1.31. The molecule has 0 spiro atoms. The Labute approximate surface area is 144 Å². The number of halogens is 1. The smallest absolute Gasteiger partial charge is 0.256 e. The molecule has 128 valence electrons. The molecule has 2 heterocycles. The summed E-state index contributed by atoms with van der Waals surface area (Å²) in [5, 5.41) is 0.